The van der Waals surface area contributed by atoms with Crippen molar-refractivity contribution in [2.24, 2.45) is 5.92 Å². The molecule has 1 amide bonds. The lowest BCUT2D eigenvalue weighted by atomic mass is 10.3. The molecule has 1 aliphatic heterocycles. The summed E-state index contributed by atoms with van der Waals surface area (Å²) in [7, 11) is 0. The van der Waals surface area contributed by atoms with Crippen molar-refractivity contribution in [2.75, 3.05) is 6.54 Å². The van der Waals surface area contributed by atoms with Crippen LogP contribution in [0, 0.1) is 5.92 Å². The smallest absolute Gasteiger partial charge is 0.241 e. The second kappa shape index (κ2) is 3.86. The predicted molar refractivity (Wildman–Crippen MR) is 64.1 cm³/mol. The van der Waals surface area contributed by atoms with Gasteiger partial charge < -0.3 is 4.90 Å². The summed E-state index contributed by atoms with van der Waals surface area (Å²) < 4.78 is 0. The topological polar surface area (TPSA) is 32.3 Å². The maximum absolute atomic E-state index is 12.0. The summed E-state index contributed by atoms with van der Waals surface area (Å²) in [5.74, 6) is 1.00. The Morgan fingerprint density at radius 3 is 3.00 bits per heavy atom. The van der Waals surface area contributed by atoms with Gasteiger partial charge in [-0.1, -0.05) is 6.07 Å². The van der Waals surface area contributed by atoms with E-state index in [2.05, 4.69) is 16.8 Å². The largest absolute Gasteiger partial charge is 0.320 e. The van der Waals surface area contributed by atoms with E-state index >= 15 is 0 Å². The van der Waals surface area contributed by atoms with Crippen LogP contribution >= 0.6 is 11.3 Å². The van der Waals surface area contributed by atoms with Crippen molar-refractivity contribution < 1.29 is 4.79 Å². The van der Waals surface area contributed by atoms with Crippen LogP contribution in [0.1, 0.15) is 30.8 Å². The molecule has 86 valence electrons. The SMILES string of the molecule is CC1NC(c2cccs2)N(CC2CC2)C1=O. The number of hydrogen-bond donors (Lipinski definition) is 1. The first-order valence-corrected chi connectivity index (χ1v) is 6.73. The fourth-order valence-electron chi connectivity index (χ4n) is 2.23. The Balaban J connectivity index is 1.82. The molecule has 2 atom stereocenters. The van der Waals surface area contributed by atoms with Crippen LogP contribution in [0.3, 0.4) is 0 Å². The molecule has 1 saturated heterocycles. The van der Waals surface area contributed by atoms with Gasteiger partial charge in [-0.3, -0.25) is 10.1 Å². The summed E-state index contributed by atoms with van der Waals surface area (Å²) in [6, 6.07) is 4.11. The lowest BCUT2D eigenvalue weighted by Crippen LogP contribution is -2.32. The van der Waals surface area contributed by atoms with Crippen LogP contribution in [-0.2, 0) is 4.79 Å². The van der Waals surface area contributed by atoms with E-state index in [0.29, 0.717) is 0 Å². The zero-order valence-corrected chi connectivity index (χ0v) is 10.2. The first kappa shape index (κ1) is 10.3. The molecule has 2 heterocycles. The normalized spacial score (nSPS) is 30.1. The maximum atomic E-state index is 12.0. The molecule has 4 heteroatoms. The highest BCUT2D eigenvalue weighted by molar-refractivity contribution is 7.10. The summed E-state index contributed by atoms with van der Waals surface area (Å²) in [4.78, 5) is 15.3. The average Bonchev–Trinajstić information content (AvgIpc) is 2.84. The summed E-state index contributed by atoms with van der Waals surface area (Å²) in [5, 5.41) is 5.45. The van der Waals surface area contributed by atoms with Gasteiger partial charge in [0.05, 0.1) is 6.04 Å². The molecule has 2 aliphatic rings. The number of thiophene rings is 1. The zero-order valence-electron chi connectivity index (χ0n) is 9.35. The highest BCUT2D eigenvalue weighted by atomic mass is 32.1. The Morgan fingerprint density at radius 2 is 2.38 bits per heavy atom. The highest BCUT2D eigenvalue weighted by Crippen LogP contribution is 2.35. The Kier molecular flexibility index (Phi) is 2.48. The van der Waals surface area contributed by atoms with E-state index in [1.54, 1.807) is 11.3 Å². The summed E-state index contributed by atoms with van der Waals surface area (Å²) in [5.41, 5.74) is 0. The van der Waals surface area contributed by atoms with Crippen molar-refractivity contribution >= 4 is 17.2 Å². The Bertz CT molecular complexity index is 386. The van der Waals surface area contributed by atoms with Gasteiger partial charge in [0.2, 0.25) is 5.91 Å². The Labute approximate surface area is 99.5 Å². The number of carbonyl (C=O) groups is 1. The molecule has 1 N–H and O–H groups in total. The molecule has 2 fully saturated rings. The van der Waals surface area contributed by atoms with Crippen LogP contribution in [0.5, 0.6) is 0 Å². The molecule has 3 nitrogen and oxygen atoms in total. The number of nitrogens with one attached hydrogen (secondary N) is 1. The fourth-order valence-corrected chi connectivity index (χ4v) is 3.03. The van der Waals surface area contributed by atoms with Crippen LogP contribution < -0.4 is 5.32 Å². The molecule has 16 heavy (non-hydrogen) atoms. The van der Waals surface area contributed by atoms with E-state index in [0.717, 1.165) is 12.5 Å². The molecule has 0 bridgehead atoms. The van der Waals surface area contributed by atoms with Gasteiger partial charge in [0.25, 0.3) is 0 Å². The summed E-state index contributed by atoms with van der Waals surface area (Å²) >= 11 is 1.72. The standard InChI is InChI=1S/C12H16N2OS/c1-8-12(15)14(7-9-4-5-9)11(13-8)10-3-2-6-16-10/h2-3,6,8-9,11,13H,4-5,7H2,1H3. The van der Waals surface area contributed by atoms with Crippen LogP contribution in [0.25, 0.3) is 0 Å². The molecule has 1 aromatic heterocycles. The van der Waals surface area contributed by atoms with Gasteiger partial charge in [0.15, 0.2) is 0 Å². The minimum atomic E-state index is -0.0363. The minimum Gasteiger partial charge on any atom is -0.320 e. The van der Waals surface area contributed by atoms with Gasteiger partial charge in [-0.05, 0) is 37.1 Å². The van der Waals surface area contributed by atoms with E-state index in [9.17, 15) is 4.79 Å². The van der Waals surface area contributed by atoms with Crippen LogP contribution in [0.2, 0.25) is 0 Å². The van der Waals surface area contributed by atoms with Crippen molar-refractivity contribution in [3.63, 3.8) is 0 Å². The first-order valence-electron chi connectivity index (χ1n) is 5.85. The fraction of sp³-hybridized carbons (Fsp3) is 0.583. The molecule has 2 unspecified atom stereocenters. The van der Waals surface area contributed by atoms with Gasteiger partial charge in [-0.2, -0.15) is 0 Å². The van der Waals surface area contributed by atoms with Gasteiger partial charge in [-0.25, -0.2) is 0 Å². The van der Waals surface area contributed by atoms with Crippen molar-refractivity contribution in [3.8, 4) is 0 Å². The molecule has 1 aromatic rings. The van der Waals surface area contributed by atoms with Crippen LogP contribution in [0.4, 0.5) is 0 Å². The second-order valence-electron chi connectivity index (χ2n) is 4.74. The van der Waals surface area contributed by atoms with Crippen LogP contribution in [0.15, 0.2) is 17.5 Å². The van der Waals surface area contributed by atoms with Gasteiger partial charge >= 0.3 is 0 Å². The van der Waals surface area contributed by atoms with Gasteiger partial charge in [0.1, 0.15) is 6.17 Å². The van der Waals surface area contributed by atoms with E-state index < -0.39 is 0 Å². The lowest BCUT2D eigenvalue weighted by molar-refractivity contribution is -0.130. The molecule has 1 aliphatic carbocycles. The summed E-state index contributed by atoms with van der Waals surface area (Å²) in [6.45, 7) is 2.88. The average molecular weight is 236 g/mol. The monoisotopic (exact) mass is 236 g/mol. The minimum absolute atomic E-state index is 0.0363. The van der Waals surface area contributed by atoms with E-state index in [-0.39, 0.29) is 18.1 Å². The molecule has 0 radical (unpaired) electrons. The lowest BCUT2D eigenvalue weighted by Gasteiger charge is -2.23. The Hall–Kier alpha value is -0.870. The molecule has 3 rings (SSSR count). The second-order valence-corrected chi connectivity index (χ2v) is 5.72. The number of hydrogen-bond acceptors (Lipinski definition) is 3. The quantitative estimate of drug-likeness (QED) is 0.870. The van der Waals surface area contributed by atoms with Crippen LogP contribution in [-0.4, -0.2) is 23.4 Å². The van der Waals surface area contributed by atoms with Crippen molar-refractivity contribution in [1.82, 2.24) is 10.2 Å². The third-order valence-corrected chi connectivity index (χ3v) is 4.26. The first-order chi connectivity index (χ1) is 7.75. The van der Waals surface area contributed by atoms with Gasteiger partial charge in [-0.15, -0.1) is 11.3 Å². The van der Waals surface area contributed by atoms with E-state index in [1.807, 2.05) is 17.9 Å². The van der Waals surface area contributed by atoms with E-state index in [1.165, 1.54) is 17.7 Å². The van der Waals surface area contributed by atoms with Gasteiger partial charge in [0, 0.05) is 11.4 Å². The molecular formula is C12H16N2OS. The molecule has 0 spiro atoms. The zero-order chi connectivity index (χ0) is 11.1. The Morgan fingerprint density at radius 1 is 1.56 bits per heavy atom. The van der Waals surface area contributed by atoms with Crippen molar-refractivity contribution in [3.05, 3.63) is 22.4 Å². The highest BCUT2D eigenvalue weighted by Gasteiger charge is 2.40. The molecular weight excluding hydrogens is 220 g/mol. The number of nitrogens with zero attached hydrogens (tertiary/aromatic N) is 1. The third-order valence-electron chi connectivity index (χ3n) is 3.34. The van der Waals surface area contributed by atoms with Crippen molar-refractivity contribution in [2.45, 2.75) is 32.0 Å². The number of rotatable bonds is 3. The molecule has 0 aromatic carbocycles. The number of carbonyl (C=O) groups excluding carboxylic acids is 1. The maximum Gasteiger partial charge on any atom is 0.241 e. The predicted octanol–water partition coefficient (Wildman–Crippen LogP) is 1.98. The third kappa shape index (κ3) is 1.76. The number of amides is 1. The van der Waals surface area contributed by atoms with E-state index in [4.69, 9.17) is 0 Å². The molecule has 1 saturated carbocycles. The summed E-state index contributed by atoms with van der Waals surface area (Å²) in [6.07, 6.45) is 2.69. The van der Waals surface area contributed by atoms with Crippen molar-refractivity contribution in [1.29, 1.82) is 0 Å².